The van der Waals surface area contributed by atoms with Crippen molar-refractivity contribution < 1.29 is 9.59 Å². The zero-order valence-corrected chi connectivity index (χ0v) is 16.3. The predicted molar refractivity (Wildman–Crippen MR) is 104 cm³/mol. The van der Waals surface area contributed by atoms with E-state index < -0.39 is 0 Å². The summed E-state index contributed by atoms with van der Waals surface area (Å²) in [6.45, 7) is 7.71. The predicted octanol–water partition coefficient (Wildman–Crippen LogP) is 2.76. The Balaban J connectivity index is 1.51. The highest BCUT2D eigenvalue weighted by atomic mass is 16.2. The number of carbonyl (C=O) groups is 2. The van der Waals surface area contributed by atoms with Gasteiger partial charge in [0.15, 0.2) is 0 Å². The molecule has 0 aliphatic carbocycles. The highest BCUT2D eigenvalue weighted by Gasteiger charge is 2.21. The number of nitrogens with one attached hydrogen (secondary N) is 2. The van der Waals surface area contributed by atoms with Crippen molar-refractivity contribution in [1.82, 2.24) is 20.4 Å². The van der Waals surface area contributed by atoms with Gasteiger partial charge in [0.2, 0.25) is 5.91 Å². The Morgan fingerprint density at radius 2 is 1.85 bits per heavy atom. The van der Waals surface area contributed by atoms with Crippen molar-refractivity contribution in [3.63, 3.8) is 0 Å². The lowest BCUT2D eigenvalue weighted by molar-refractivity contribution is -0.130. The summed E-state index contributed by atoms with van der Waals surface area (Å²) in [7, 11) is 0. The first-order chi connectivity index (χ1) is 12.9. The third kappa shape index (κ3) is 4.76. The molecule has 2 N–H and O–H groups in total. The number of carbonyl (C=O) groups excluding carboxylic acids is 2. The van der Waals surface area contributed by atoms with Crippen molar-refractivity contribution in [3.05, 3.63) is 52.3 Å². The van der Waals surface area contributed by atoms with E-state index in [1.54, 1.807) is 6.92 Å². The molecule has 0 saturated carbocycles. The maximum absolute atomic E-state index is 12.4. The molecular formula is C21H28N4O2. The number of aromatic nitrogens is 2. The number of aryl methyl sites for hydroxylation is 2. The number of likely N-dealkylation sites (tertiary alicyclic amines) is 1. The lowest BCUT2D eigenvalue weighted by Gasteiger charge is -2.31. The van der Waals surface area contributed by atoms with Crippen LogP contribution in [0.25, 0.3) is 0 Å². The number of H-pyrrole nitrogens is 1. The lowest BCUT2D eigenvalue weighted by Crippen LogP contribution is -2.37. The van der Waals surface area contributed by atoms with E-state index in [2.05, 4.69) is 15.5 Å². The van der Waals surface area contributed by atoms with Gasteiger partial charge in [-0.15, -0.1) is 0 Å². The molecule has 2 amide bonds. The summed E-state index contributed by atoms with van der Waals surface area (Å²) in [5, 5.41) is 10.0. The van der Waals surface area contributed by atoms with Crippen LogP contribution in [0.4, 0.5) is 0 Å². The van der Waals surface area contributed by atoms with E-state index in [1.165, 1.54) is 5.56 Å². The van der Waals surface area contributed by atoms with E-state index in [1.807, 2.05) is 43.0 Å². The molecule has 6 nitrogen and oxygen atoms in total. The normalized spacial score (nSPS) is 15.0. The molecule has 0 radical (unpaired) electrons. The van der Waals surface area contributed by atoms with Gasteiger partial charge in [-0.25, -0.2) is 0 Å². The van der Waals surface area contributed by atoms with Crippen LogP contribution in [-0.2, 0) is 17.8 Å². The van der Waals surface area contributed by atoms with Gasteiger partial charge in [0.05, 0.1) is 5.69 Å². The van der Waals surface area contributed by atoms with Crippen LogP contribution in [0.3, 0.4) is 0 Å². The largest absolute Gasteiger partial charge is 0.348 e. The molecule has 6 heteroatoms. The van der Waals surface area contributed by atoms with Crippen LogP contribution in [0.15, 0.2) is 24.3 Å². The van der Waals surface area contributed by atoms with E-state index in [0.29, 0.717) is 18.0 Å². The van der Waals surface area contributed by atoms with Crippen LogP contribution in [0.5, 0.6) is 0 Å². The second kappa shape index (κ2) is 8.37. The lowest BCUT2D eigenvalue weighted by atomic mass is 9.90. The number of nitrogens with zero attached hydrogens (tertiary/aromatic N) is 2. The molecule has 0 bridgehead atoms. The van der Waals surface area contributed by atoms with E-state index in [9.17, 15) is 9.59 Å². The number of rotatable bonds is 5. The van der Waals surface area contributed by atoms with Gasteiger partial charge in [-0.1, -0.05) is 12.1 Å². The van der Waals surface area contributed by atoms with Crippen LogP contribution in [0.1, 0.15) is 52.6 Å². The first-order valence-corrected chi connectivity index (χ1v) is 9.57. The van der Waals surface area contributed by atoms with E-state index in [0.717, 1.165) is 49.3 Å². The molecule has 2 aromatic rings. The number of benzene rings is 1. The van der Waals surface area contributed by atoms with Crippen LogP contribution in [0, 0.1) is 19.8 Å². The summed E-state index contributed by atoms with van der Waals surface area (Å²) in [5.41, 5.74) is 4.85. The fraction of sp³-hybridized carbons (Fsp3) is 0.476. The fourth-order valence-electron chi connectivity index (χ4n) is 3.68. The molecule has 0 spiro atoms. The Morgan fingerprint density at radius 1 is 1.19 bits per heavy atom. The monoisotopic (exact) mass is 368 g/mol. The van der Waals surface area contributed by atoms with Crippen LogP contribution >= 0.6 is 0 Å². The van der Waals surface area contributed by atoms with Gasteiger partial charge in [0.25, 0.3) is 5.91 Å². The summed E-state index contributed by atoms with van der Waals surface area (Å²) < 4.78 is 0. The van der Waals surface area contributed by atoms with Crippen molar-refractivity contribution in [3.8, 4) is 0 Å². The van der Waals surface area contributed by atoms with Gasteiger partial charge in [-0.3, -0.25) is 14.7 Å². The molecule has 2 heterocycles. The van der Waals surface area contributed by atoms with E-state index in [4.69, 9.17) is 0 Å². The van der Waals surface area contributed by atoms with Crippen LogP contribution in [0.2, 0.25) is 0 Å². The standard InChI is InChI=1S/C21H28N4O2/c1-14-20(15(2)24-23-14)13-22-21(27)19-6-4-17(5-7-19)12-18-8-10-25(11-9-18)16(3)26/h4-7,18H,8-13H2,1-3H3,(H,22,27)(H,23,24). The third-order valence-corrected chi connectivity index (χ3v) is 5.51. The topological polar surface area (TPSA) is 78.1 Å². The van der Waals surface area contributed by atoms with Crippen LogP contribution < -0.4 is 5.32 Å². The Bertz CT molecular complexity index is 783. The summed E-state index contributed by atoms with van der Waals surface area (Å²) in [4.78, 5) is 25.7. The van der Waals surface area contributed by atoms with Crippen molar-refractivity contribution >= 4 is 11.8 Å². The average Bonchev–Trinajstić information content (AvgIpc) is 2.98. The van der Waals surface area contributed by atoms with Crippen molar-refractivity contribution in [2.24, 2.45) is 5.92 Å². The van der Waals surface area contributed by atoms with Gasteiger partial charge < -0.3 is 10.2 Å². The summed E-state index contributed by atoms with van der Waals surface area (Å²) in [6.07, 6.45) is 3.09. The molecule has 0 unspecified atom stereocenters. The third-order valence-electron chi connectivity index (χ3n) is 5.51. The number of aromatic amines is 1. The summed E-state index contributed by atoms with van der Waals surface area (Å²) in [6, 6.07) is 7.87. The molecular weight excluding hydrogens is 340 g/mol. The maximum atomic E-state index is 12.4. The van der Waals surface area contributed by atoms with Crippen LogP contribution in [-0.4, -0.2) is 40.0 Å². The highest BCUT2D eigenvalue weighted by molar-refractivity contribution is 5.94. The first kappa shape index (κ1) is 19.1. The van der Waals surface area contributed by atoms with Crippen molar-refractivity contribution in [1.29, 1.82) is 0 Å². The quantitative estimate of drug-likeness (QED) is 0.852. The number of piperidine rings is 1. The Hall–Kier alpha value is -2.63. The fourth-order valence-corrected chi connectivity index (χ4v) is 3.68. The van der Waals surface area contributed by atoms with Gasteiger partial charge in [0.1, 0.15) is 0 Å². The Morgan fingerprint density at radius 3 is 2.41 bits per heavy atom. The second-order valence-corrected chi connectivity index (χ2v) is 7.45. The zero-order chi connectivity index (χ0) is 19.4. The maximum Gasteiger partial charge on any atom is 0.251 e. The molecule has 1 aromatic heterocycles. The van der Waals surface area contributed by atoms with Gasteiger partial charge >= 0.3 is 0 Å². The zero-order valence-electron chi connectivity index (χ0n) is 16.3. The molecule has 1 aromatic carbocycles. The first-order valence-electron chi connectivity index (χ1n) is 9.57. The number of hydrogen-bond acceptors (Lipinski definition) is 3. The second-order valence-electron chi connectivity index (χ2n) is 7.45. The van der Waals surface area contributed by atoms with E-state index >= 15 is 0 Å². The van der Waals surface area contributed by atoms with E-state index in [-0.39, 0.29) is 11.8 Å². The van der Waals surface area contributed by atoms with Gasteiger partial charge in [-0.05, 0) is 56.7 Å². The molecule has 3 rings (SSSR count). The Labute approximate surface area is 160 Å². The Kier molecular flexibility index (Phi) is 5.94. The van der Waals surface area contributed by atoms with Gasteiger partial charge in [0, 0.05) is 43.4 Å². The minimum absolute atomic E-state index is 0.0729. The van der Waals surface area contributed by atoms with Crippen molar-refractivity contribution in [2.75, 3.05) is 13.1 Å². The molecule has 1 aliphatic heterocycles. The van der Waals surface area contributed by atoms with Crippen molar-refractivity contribution in [2.45, 2.75) is 46.6 Å². The molecule has 1 saturated heterocycles. The summed E-state index contributed by atoms with van der Waals surface area (Å²) in [5.74, 6) is 0.702. The molecule has 1 fully saturated rings. The number of hydrogen-bond donors (Lipinski definition) is 2. The van der Waals surface area contributed by atoms with Gasteiger partial charge in [-0.2, -0.15) is 5.10 Å². The smallest absolute Gasteiger partial charge is 0.251 e. The SMILES string of the molecule is CC(=O)N1CCC(Cc2ccc(C(=O)NCc3c(C)n[nH]c3C)cc2)CC1. The summed E-state index contributed by atoms with van der Waals surface area (Å²) >= 11 is 0. The molecule has 1 aliphatic rings. The molecule has 144 valence electrons. The minimum atomic E-state index is -0.0729. The molecule has 27 heavy (non-hydrogen) atoms. The highest BCUT2D eigenvalue weighted by Crippen LogP contribution is 2.22. The average molecular weight is 368 g/mol. The molecule has 0 atom stereocenters. The minimum Gasteiger partial charge on any atom is -0.348 e. The number of amides is 2.